The van der Waals surface area contributed by atoms with Gasteiger partial charge in [0.2, 0.25) is 0 Å². The SMILES string of the molecule is C#CCOc1c(Br)cc(/C=N\NC(=O)COc2ccc(C3SCCS3)cc2)cc1Br. The van der Waals surface area contributed by atoms with Crippen molar-refractivity contribution in [1.82, 2.24) is 5.43 Å². The van der Waals surface area contributed by atoms with Crippen molar-refractivity contribution in [2.24, 2.45) is 5.10 Å². The Hall–Kier alpha value is -1.60. The molecule has 0 spiro atoms. The van der Waals surface area contributed by atoms with Crippen LogP contribution < -0.4 is 14.9 Å². The summed E-state index contributed by atoms with van der Waals surface area (Å²) in [5.41, 5.74) is 4.50. The zero-order valence-electron chi connectivity index (χ0n) is 15.8. The summed E-state index contributed by atoms with van der Waals surface area (Å²) in [4.78, 5) is 12.0. The van der Waals surface area contributed by atoms with Crippen LogP contribution in [0.3, 0.4) is 0 Å². The summed E-state index contributed by atoms with van der Waals surface area (Å²) in [6.07, 6.45) is 6.75. The molecule has 1 heterocycles. The van der Waals surface area contributed by atoms with Crippen molar-refractivity contribution in [2.45, 2.75) is 4.58 Å². The van der Waals surface area contributed by atoms with E-state index in [4.69, 9.17) is 15.9 Å². The standard InChI is InChI=1S/C21H18Br2N2O3S2/c1-2-7-27-20-17(22)10-14(11-18(20)23)12-24-25-19(26)13-28-16-5-3-15(4-6-16)21-29-8-9-30-21/h1,3-6,10-12,21H,7-9,13H2,(H,25,26)/b24-12-. The molecule has 30 heavy (non-hydrogen) atoms. The summed E-state index contributed by atoms with van der Waals surface area (Å²) < 4.78 is 12.9. The Morgan fingerprint density at radius 3 is 2.50 bits per heavy atom. The second-order valence-corrected chi connectivity index (χ2v) is 10.5. The largest absolute Gasteiger partial charge is 0.484 e. The van der Waals surface area contributed by atoms with Gasteiger partial charge in [-0.05, 0) is 67.3 Å². The summed E-state index contributed by atoms with van der Waals surface area (Å²) in [5.74, 6) is 5.71. The fourth-order valence-electron chi connectivity index (χ4n) is 2.54. The molecule has 0 saturated carbocycles. The molecule has 5 nitrogen and oxygen atoms in total. The predicted octanol–water partition coefficient (Wildman–Crippen LogP) is 5.23. The highest BCUT2D eigenvalue weighted by Gasteiger charge is 2.18. The number of benzene rings is 2. The van der Waals surface area contributed by atoms with Crippen molar-refractivity contribution in [3.63, 3.8) is 0 Å². The van der Waals surface area contributed by atoms with Gasteiger partial charge < -0.3 is 9.47 Å². The lowest BCUT2D eigenvalue weighted by Gasteiger charge is -2.10. The molecule has 0 bridgehead atoms. The second kappa shape index (κ2) is 11.7. The van der Waals surface area contributed by atoms with Gasteiger partial charge in [-0.1, -0.05) is 18.1 Å². The first-order valence-electron chi connectivity index (χ1n) is 8.90. The monoisotopic (exact) mass is 568 g/mol. The maximum Gasteiger partial charge on any atom is 0.277 e. The summed E-state index contributed by atoms with van der Waals surface area (Å²) >= 11 is 10.8. The van der Waals surface area contributed by atoms with Crippen molar-refractivity contribution in [3.05, 3.63) is 56.5 Å². The molecule has 0 aromatic heterocycles. The average Bonchev–Trinajstić information content (AvgIpc) is 3.27. The maximum atomic E-state index is 12.0. The maximum absolute atomic E-state index is 12.0. The summed E-state index contributed by atoms with van der Waals surface area (Å²) in [6.45, 7) is 0.0534. The van der Waals surface area contributed by atoms with E-state index in [0.717, 1.165) is 14.5 Å². The number of halogens is 2. The quantitative estimate of drug-likeness (QED) is 0.268. The molecule has 1 fully saturated rings. The number of terminal acetylenes is 1. The zero-order valence-corrected chi connectivity index (χ0v) is 20.6. The van der Waals surface area contributed by atoms with Crippen LogP contribution in [0.5, 0.6) is 11.5 Å². The third-order valence-corrected chi connectivity index (χ3v) is 8.15. The van der Waals surface area contributed by atoms with Crippen LogP contribution in [0.25, 0.3) is 0 Å². The molecular formula is C21H18Br2N2O3S2. The Kier molecular flexibility index (Phi) is 9.00. The van der Waals surface area contributed by atoms with Crippen LogP contribution >= 0.6 is 55.4 Å². The van der Waals surface area contributed by atoms with Crippen molar-refractivity contribution >= 4 is 67.5 Å². The lowest BCUT2D eigenvalue weighted by molar-refractivity contribution is -0.123. The number of ether oxygens (including phenoxy) is 2. The van der Waals surface area contributed by atoms with Crippen molar-refractivity contribution in [2.75, 3.05) is 24.7 Å². The Morgan fingerprint density at radius 2 is 1.87 bits per heavy atom. The number of carbonyl (C=O) groups is 1. The van der Waals surface area contributed by atoms with Gasteiger partial charge in [-0.2, -0.15) is 5.10 Å². The van der Waals surface area contributed by atoms with E-state index >= 15 is 0 Å². The zero-order chi connectivity index (χ0) is 21.3. The normalized spacial score (nSPS) is 13.9. The van der Waals surface area contributed by atoms with Crippen molar-refractivity contribution in [1.29, 1.82) is 0 Å². The summed E-state index contributed by atoms with van der Waals surface area (Å²) in [6, 6.07) is 11.5. The number of carbonyl (C=O) groups excluding carboxylic acids is 1. The van der Waals surface area contributed by atoms with E-state index in [1.807, 2.05) is 59.9 Å². The first kappa shape index (κ1) is 23.1. The molecule has 1 aliphatic rings. The van der Waals surface area contributed by atoms with E-state index < -0.39 is 0 Å². The topological polar surface area (TPSA) is 59.9 Å². The first-order valence-corrected chi connectivity index (χ1v) is 12.6. The highest BCUT2D eigenvalue weighted by Crippen LogP contribution is 2.45. The molecule has 1 aliphatic heterocycles. The van der Waals surface area contributed by atoms with Crippen LogP contribution in [0.1, 0.15) is 15.7 Å². The highest BCUT2D eigenvalue weighted by atomic mass is 79.9. The third kappa shape index (κ3) is 6.71. The van der Waals surface area contributed by atoms with Crippen LogP contribution in [0.15, 0.2) is 50.4 Å². The Bertz CT molecular complexity index is 933. The van der Waals surface area contributed by atoms with Crippen LogP contribution in [0, 0.1) is 12.3 Å². The van der Waals surface area contributed by atoms with Gasteiger partial charge in [0.15, 0.2) is 6.61 Å². The van der Waals surface area contributed by atoms with Gasteiger partial charge in [0.1, 0.15) is 18.1 Å². The summed E-state index contributed by atoms with van der Waals surface area (Å²) in [7, 11) is 0. The van der Waals surface area contributed by atoms with E-state index in [2.05, 4.69) is 48.3 Å². The molecule has 2 aromatic carbocycles. The van der Waals surface area contributed by atoms with Gasteiger partial charge in [0.25, 0.3) is 5.91 Å². The van der Waals surface area contributed by atoms with Crippen LogP contribution in [-0.4, -0.2) is 36.8 Å². The highest BCUT2D eigenvalue weighted by molar-refractivity contribution is 9.11. The number of rotatable bonds is 8. The predicted molar refractivity (Wildman–Crippen MR) is 132 cm³/mol. The number of hydrogen-bond acceptors (Lipinski definition) is 6. The van der Waals surface area contributed by atoms with Crippen LogP contribution in [-0.2, 0) is 4.79 Å². The molecule has 2 aromatic rings. The first-order chi connectivity index (χ1) is 14.6. The second-order valence-electron chi connectivity index (χ2n) is 6.03. The van der Waals surface area contributed by atoms with Gasteiger partial charge in [-0.25, -0.2) is 5.43 Å². The van der Waals surface area contributed by atoms with Gasteiger partial charge >= 0.3 is 0 Å². The molecule has 0 aliphatic carbocycles. The van der Waals surface area contributed by atoms with E-state index in [1.165, 1.54) is 23.3 Å². The Balaban J connectivity index is 1.47. The fourth-order valence-corrected chi connectivity index (χ4v) is 6.85. The number of nitrogens with one attached hydrogen (secondary N) is 1. The van der Waals surface area contributed by atoms with Gasteiger partial charge in [-0.15, -0.1) is 29.9 Å². The van der Waals surface area contributed by atoms with Crippen molar-refractivity contribution in [3.8, 4) is 23.8 Å². The minimum absolute atomic E-state index is 0.115. The number of amides is 1. The Morgan fingerprint density at radius 1 is 1.20 bits per heavy atom. The molecule has 0 radical (unpaired) electrons. The van der Waals surface area contributed by atoms with Gasteiger partial charge in [0.05, 0.1) is 19.7 Å². The van der Waals surface area contributed by atoms with Gasteiger partial charge in [-0.3, -0.25) is 4.79 Å². The molecular weight excluding hydrogens is 552 g/mol. The molecule has 0 atom stereocenters. The minimum atomic E-state index is -0.343. The lowest BCUT2D eigenvalue weighted by Crippen LogP contribution is -2.24. The molecule has 0 unspecified atom stereocenters. The summed E-state index contributed by atoms with van der Waals surface area (Å²) in [5, 5.41) is 3.97. The molecule has 156 valence electrons. The molecule has 1 amide bonds. The third-order valence-electron chi connectivity index (χ3n) is 3.87. The lowest BCUT2D eigenvalue weighted by atomic mass is 10.2. The van der Waals surface area contributed by atoms with Crippen LogP contribution in [0.4, 0.5) is 0 Å². The van der Waals surface area contributed by atoms with Gasteiger partial charge in [0, 0.05) is 11.5 Å². The van der Waals surface area contributed by atoms with E-state index in [1.54, 1.807) is 0 Å². The van der Waals surface area contributed by atoms with Crippen molar-refractivity contribution < 1.29 is 14.3 Å². The smallest absolute Gasteiger partial charge is 0.277 e. The fraction of sp³-hybridized carbons (Fsp3) is 0.238. The molecule has 3 rings (SSSR count). The number of thioether (sulfide) groups is 2. The molecule has 1 N–H and O–H groups in total. The number of nitrogens with zero attached hydrogens (tertiary/aromatic N) is 1. The number of hydrogen-bond donors (Lipinski definition) is 1. The van der Waals surface area contributed by atoms with E-state index in [0.29, 0.717) is 16.1 Å². The Labute approximate surface area is 201 Å². The minimum Gasteiger partial charge on any atom is -0.484 e. The van der Waals surface area contributed by atoms with E-state index in [9.17, 15) is 4.79 Å². The number of hydrazone groups is 1. The average molecular weight is 570 g/mol. The molecule has 9 heteroatoms. The van der Waals surface area contributed by atoms with E-state index in [-0.39, 0.29) is 19.1 Å². The van der Waals surface area contributed by atoms with Crippen LogP contribution in [0.2, 0.25) is 0 Å². The molecule has 1 saturated heterocycles.